The van der Waals surface area contributed by atoms with E-state index in [0.29, 0.717) is 48.9 Å². The molecule has 5 rings (SSSR count). The van der Waals surface area contributed by atoms with Gasteiger partial charge in [0.1, 0.15) is 22.8 Å². The zero-order chi connectivity index (χ0) is 24.0. The second-order valence-corrected chi connectivity index (χ2v) is 10.2. The van der Waals surface area contributed by atoms with E-state index in [2.05, 4.69) is 20.0 Å². The molecule has 0 aliphatic carbocycles. The van der Waals surface area contributed by atoms with Gasteiger partial charge in [-0.1, -0.05) is 6.07 Å². The summed E-state index contributed by atoms with van der Waals surface area (Å²) in [5, 5.41) is 4.24. The molecule has 0 bridgehead atoms. The van der Waals surface area contributed by atoms with Crippen LogP contribution in [0, 0.1) is 6.92 Å². The first-order chi connectivity index (χ1) is 16.3. The molecule has 1 fully saturated rings. The Kier molecular flexibility index (Phi) is 5.48. The molecule has 0 radical (unpaired) electrons. The van der Waals surface area contributed by atoms with Crippen LogP contribution in [0.5, 0.6) is 5.75 Å². The molecular formula is C22H26N8O3S. The van der Waals surface area contributed by atoms with Gasteiger partial charge in [0.15, 0.2) is 17.0 Å². The lowest BCUT2D eigenvalue weighted by Gasteiger charge is -2.34. The molecular weight excluding hydrogens is 456 g/mol. The lowest BCUT2D eigenvalue weighted by Crippen LogP contribution is -2.49. The van der Waals surface area contributed by atoms with Crippen molar-refractivity contribution in [2.75, 3.05) is 38.2 Å². The number of nitrogens with zero attached hydrogens (tertiary/aromatic N) is 8. The Labute approximate surface area is 197 Å². The lowest BCUT2D eigenvalue weighted by atomic mass is 10.2. The Morgan fingerprint density at radius 1 is 1.06 bits per heavy atom. The number of anilines is 1. The van der Waals surface area contributed by atoms with Gasteiger partial charge >= 0.3 is 0 Å². The van der Waals surface area contributed by atoms with Crippen LogP contribution in [-0.2, 0) is 24.1 Å². The summed E-state index contributed by atoms with van der Waals surface area (Å²) in [7, 11) is 1.57. The van der Waals surface area contributed by atoms with Crippen molar-refractivity contribution in [3.05, 3.63) is 42.5 Å². The molecule has 1 aliphatic heterocycles. The van der Waals surface area contributed by atoms with Crippen LogP contribution in [0.4, 0.5) is 5.82 Å². The van der Waals surface area contributed by atoms with Crippen molar-refractivity contribution in [2.45, 2.75) is 11.8 Å². The van der Waals surface area contributed by atoms with Crippen molar-refractivity contribution in [1.82, 2.24) is 33.6 Å². The fourth-order valence-electron chi connectivity index (χ4n) is 4.28. The molecule has 0 atom stereocenters. The van der Waals surface area contributed by atoms with Crippen LogP contribution in [0.3, 0.4) is 0 Å². The third kappa shape index (κ3) is 3.68. The predicted octanol–water partition coefficient (Wildman–Crippen LogP) is 1.59. The number of methoxy groups -OCH3 is 1. The molecule has 0 spiro atoms. The first-order valence-electron chi connectivity index (χ1n) is 10.9. The highest BCUT2D eigenvalue weighted by atomic mass is 32.2. The molecule has 1 saturated heterocycles. The van der Waals surface area contributed by atoms with E-state index in [9.17, 15) is 8.42 Å². The van der Waals surface area contributed by atoms with Crippen molar-refractivity contribution in [3.8, 4) is 17.1 Å². The van der Waals surface area contributed by atoms with E-state index in [0.717, 1.165) is 17.0 Å². The van der Waals surface area contributed by atoms with Gasteiger partial charge in [-0.15, -0.1) is 0 Å². The number of benzene rings is 1. The van der Waals surface area contributed by atoms with Gasteiger partial charge in [0.05, 0.1) is 18.9 Å². The number of rotatable bonds is 5. The summed E-state index contributed by atoms with van der Waals surface area (Å²) >= 11 is 0. The van der Waals surface area contributed by atoms with Crippen LogP contribution in [0.25, 0.3) is 22.6 Å². The minimum absolute atomic E-state index is 0.185. The van der Waals surface area contributed by atoms with Crippen molar-refractivity contribution in [3.63, 3.8) is 0 Å². The van der Waals surface area contributed by atoms with Gasteiger partial charge in [-0.05, 0) is 24.6 Å². The normalized spacial score (nSPS) is 15.2. The SMILES string of the molecule is COc1cc(C)ccc1S(=O)(=O)N1CCN(c2ncnc3c2nc(-c2cnn(C)c2)n3C)CC1. The Bertz CT molecular complexity index is 1470. The van der Waals surface area contributed by atoms with Gasteiger partial charge in [0.25, 0.3) is 0 Å². The van der Waals surface area contributed by atoms with Crippen molar-refractivity contribution >= 4 is 27.0 Å². The predicted molar refractivity (Wildman–Crippen MR) is 127 cm³/mol. The monoisotopic (exact) mass is 482 g/mol. The summed E-state index contributed by atoms with van der Waals surface area (Å²) in [6, 6.07) is 5.13. The highest BCUT2D eigenvalue weighted by molar-refractivity contribution is 7.89. The largest absolute Gasteiger partial charge is 0.495 e. The Hall–Kier alpha value is -3.51. The second-order valence-electron chi connectivity index (χ2n) is 8.31. The zero-order valence-electron chi connectivity index (χ0n) is 19.5. The number of ether oxygens (including phenoxy) is 1. The summed E-state index contributed by atoms with van der Waals surface area (Å²) in [6.07, 6.45) is 5.18. The fourth-order valence-corrected chi connectivity index (χ4v) is 5.84. The number of sulfonamides is 1. The first-order valence-corrected chi connectivity index (χ1v) is 12.3. The summed E-state index contributed by atoms with van der Waals surface area (Å²) in [6.45, 7) is 3.52. The van der Waals surface area contributed by atoms with Gasteiger partial charge in [-0.25, -0.2) is 23.4 Å². The number of fused-ring (bicyclic) bond motifs is 1. The Balaban J connectivity index is 1.41. The Morgan fingerprint density at radius 3 is 2.50 bits per heavy atom. The van der Waals surface area contributed by atoms with E-state index in [1.807, 2.05) is 31.8 Å². The fraction of sp³-hybridized carbons (Fsp3) is 0.364. The average molecular weight is 483 g/mol. The maximum Gasteiger partial charge on any atom is 0.246 e. The second kappa shape index (κ2) is 8.37. The summed E-state index contributed by atoms with van der Waals surface area (Å²) in [5.74, 6) is 1.80. The van der Waals surface area contributed by atoms with E-state index >= 15 is 0 Å². The molecule has 0 saturated carbocycles. The average Bonchev–Trinajstić information content (AvgIpc) is 3.41. The molecule has 11 nitrogen and oxygen atoms in total. The molecule has 3 aromatic heterocycles. The lowest BCUT2D eigenvalue weighted by molar-refractivity contribution is 0.373. The molecule has 4 aromatic rings. The first kappa shape index (κ1) is 22.3. The third-order valence-electron chi connectivity index (χ3n) is 6.07. The third-order valence-corrected chi connectivity index (χ3v) is 8.01. The smallest absolute Gasteiger partial charge is 0.246 e. The molecule has 34 heavy (non-hydrogen) atoms. The molecule has 0 N–H and O–H groups in total. The maximum atomic E-state index is 13.3. The number of imidazole rings is 1. The zero-order valence-corrected chi connectivity index (χ0v) is 20.3. The van der Waals surface area contributed by atoms with Crippen LogP contribution in [0.15, 0.2) is 41.8 Å². The summed E-state index contributed by atoms with van der Waals surface area (Å²) in [4.78, 5) is 16.0. The van der Waals surface area contributed by atoms with Gasteiger partial charge < -0.3 is 14.2 Å². The summed E-state index contributed by atoms with van der Waals surface area (Å²) in [5.41, 5.74) is 3.22. The van der Waals surface area contributed by atoms with Gasteiger partial charge in [0, 0.05) is 46.5 Å². The molecule has 178 valence electrons. The molecule has 0 amide bonds. The quantitative estimate of drug-likeness (QED) is 0.422. The number of hydrogen-bond acceptors (Lipinski definition) is 8. The minimum atomic E-state index is -3.69. The molecule has 1 aromatic carbocycles. The maximum absolute atomic E-state index is 13.3. The van der Waals surface area contributed by atoms with Gasteiger partial charge in [0.2, 0.25) is 10.0 Å². The van der Waals surface area contributed by atoms with E-state index < -0.39 is 10.0 Å². The van der Waals surface area contributed by atoms with E-state index in [1.54, 1.807) is 29.1 Å². The van der Waals surface area contributed by atoms with Crippen LogP contribution in [0.1, 0.15) is 5.56 Å². The molecule has 4 heterocycles. The van der Waals surface area contributed by atoms with Crippen LogP contribution < -0.4 is 9.64 Å². The minimum Gasteiger partial charge on any atom is -0.495 e. The van der Waals surface area contributed by atoms with E-state index in [1.165, 1.54) is 17.7 Å². The van der Waals surface area contributed by atoms with E-state index in [-0.39, 0.29) is 4.90 Å². The number of hydrogen-bond donors (Lipinski definition) is 0. The van der Waals surface area contributed by atoms with Crippen LogP contribution >= 0.6 is 0 Å². The Morgan fingerprint density at radius 2 is 1.82 bits per heavy atom. The van der Waals surface area contributed by atoms with Crippen molar-refractivity contribution < 1.29 is 13.2 Å². The van der Waals surface area contributed by atoms with E-state index in [4.69, 9.17) is 9.72 Å². The van der Waals surface area contributed by atoms with Crippen molar-refractivity contribution in [1.29, 1.82) is 0 Å². The number of piperazine rings is 1. The molecule has 0 unspecified atom stereocenters. The van der Waals surface area contributed by atoms with Crippen LogP contribution in [-0.4, -0.2) is 75.3 Å². The molecule has 12 heteroatoms. The highest BCUT2D eigenvalue weighted by Gasteiger charge is 2.32. The standard InChI is InChI=1S/C22H26N8O3S/c1-15-5-6-18(17(11-15)33-4)34(31,32)30-9-7-29(8-10-30)22-19-21(23-14-24-22)28(3)20(26-19)16-12-25-27(2)13-16/h5-6,11-14H,7-10H2,1-4H3. The number of aryl methyl sites for hydroxylation is 3. The van der Waals surface area contributed by atoms with Crippen LogP contribution in [0.2, 0.25) is 0 Å². The number of aromatic nitrogens is 6. The molecule has 1 aliphatic rings. The van der Waals surface area contributed by atoms with Crippen molar-refractivity contribution in [2.24, 2.45) is 14.1 Å². The van der Waals surface area contributed by atoms with Gasteiger partial charge in [-0.3, -0.25) is 4.68 Å². The highest BCUT2D eigenvalue weighted by Crippen LogP contribution is 2.31. The van der Waals surface area contributed by atoms with Gasteiger partial charge in [-0.2, -0.15) is 9.40 Å². The summed E-state index contributed by atoms with van der Waals surface area (Å²) < 4.78 is 37.1. The topological polar surface area (TPSA) is 111 Å².